The minimum atomic E-state index is -0.487. The molecule has 2 N–H and O–H groups in total. The van der Waals surface area contributed by atoms with Crippen LogP contribution in [-0.2, 0) is 14.3 Å². The summed E-state index contributed by atoms with van der Waals surface area (Å²) in [6, 6.07) is 8.23. The van der Waals surface area contributed by atoms with E-state index in [9.17, 15) is 4.79 Å². The van der Waals surface area contributed by atoms with Crippen molar-refractivity contribution in [3.8, 4) is 0 Å². The first-order valence-corrected chi connectivity index (χ1v) is 9.22. The van der Waals surface area contributed by atoms with Crippen LogP contribution in [0.2, 0.25) is 0 Å². The normalized spacial score (nSPS) is 27.8. The van der Waals surface area contributed by atoms with Crippen molar-refractivity contribution in [1.29, 1.82) is 0 Å². The summed E-state index contributed by atoms with van der Waals surface area (Å²) in [4.78, 5) is 12.4. The Morgan fingerprint density at radius 2 is 2.00 bits per heavy atom. The highest BCUT2D eigenvalue weighted by molar-refractivity contribution is 8.26. The number of thiocarbonyl (C=S) groups is 1. The molecular formula is C17H18N2O3S2. The lowest BCUT2D eigenvalue weighted by atomic mass is 9.85. The first-order valence-electron chi connectivity index (χ1n) is 8.00. The number of amides is 1. The van der Waals surface area contributed by atoms with Gasteiger partial charge in [-0.2, -0.15) is 0 Å². The minimum absolute atomic E-state index is 0.128. The molecule has 3 aliphatic rings. The Hall–Kier alpha value is -1.25. The molecule has 5 nitrogen and oxygen atoms in total. The van der Waals surface area contributed by atoms with Crippen LogP contribution >= 0.6 is 24.0 Å². The number of carbonyl (C=O) groups excluding carboxylic acids is 1. The first kappa shape index (κ1) is 16.2. The third kappa shape index (κ3) is 3.02. The molecule has 0 saturated carbocycles. The Morgan fingerprint density at radius 1 is 1.25 bits per heavy atom. The van der Waals surface area contributed by atoms with Crippen molar-refractivity contribution in [1.82, 2.24) is 10.6 Å². The smallest absolute Gasteiger partial charge is 0.263 e. The molecule has 24 heavy (non-hydrogen) atoms. The van der Waals surface area contributed by atoms with E-state index in [-0.39, 0.29) is 11.8 Å². The van der Waals surface area contributed by atoms with E-state index in [4.69, 9.17) is 21.7 Å². The van der Waals surface area contributed by atoms with E-state index in [1.54, 1.807) is 0 Å². The van der Waals surface area contributed by atoms with Crippen molar-refractivity contribution in [2.75, 3.05) is 26.3 Å². The van der Waals surface area contributed by atoms with Crippen LogP contribution in [0.4, 0.5) is 0 Å². The molecule has 1 atom stereocenters. The molecule has 3 saturated heterocycles. The fourth-order valence-electron chi connectivity index (χ4n) is 3.42. The highest BCUT2D eigenvalue weighted by Gasteiger charge is 2.46. The topological polar surface area (TPSA) is 59.6 Å². The van der Waals surface area contributed by atoms with Crippen LogP contribution in [0.15, 0.2) is 29.2 Å². The van der Waals surface area contributed by atoms with Crippen molar-refractivity contribution < 1.29 is 14.3 Å². The van der Waals surface area contributed by atoms with Crippen molar-refractivity contribution in [3.63, 3.8) is 0 Å². The molecule has 0 aliphatic carbocycles. The van der Waals surface area contributed by atoms with Crippen LogP contribution < -0.4 is 10.6 Å². The molecule has 1 aromatic carbocycles. The van der Waals surface area contributed by atoms with Crippen LogP contribution in [0, 0.1) is 0 Å². The quantitative estimate of drug-likeness (QED) is 0.620. The summed E-state index contributed by atoms with van der Waals surface area (Å²) in [5.41, 5.74) is 2.16. The van der Waals surface area contributed by atoms with Crippen LogP contribution in [-0.4, -0.2) is 42.3 Å². The molecule has 3 heterocycles. The van der Waals surface area contributed by atoms with Gasteiger partial charge in [-0.25, -0.2) is 0 Å². The summed E-state index contributed by atoms with van der Waals surface area (Å²) < 4.78 is 12.4. The van der Waals surface area contributed by atoms with Gasteiger partial charge in [-0.3, -0.25) is 4.79 Å². The van der Waals surface area contributed by atoms with E-state index in [1.807, 2.05) is 18.2 Å². The highest BCUT2D eigenvalue weighted by atomic mass is 32.2. The number of rotatable bonds is 2. The Morgan fingerprint density at radius 3 is 2.67 bits per heavy atom. The highest BCUT2D eigenvalue weighted by Crippen LogP contribution is 2.40. The summed E-state index contributed by atoms with van der Waals surface area (Å²) in [7, 11) is 0. The molecule has 1 unspecified atom stereocenters. The van der Waals surface area contributed by atoms with Crippen molar-refractivity contribution >= 4 is 40.3 Å². The van der Waals surface area contributed by atoms with Gasteiger partial charge in [0, 0.05) is 19.5 Å². The number of piperidine rings is 1. The van der Waals surface area contributed by atoms with Gasteiger partial charge in [-0.1, -0.05) is 48.2 Å². The van der Waals surface area contributed by atoms with Crippen molar-refractivity contribution in [3.05, 3.63) is 40.3 Å². The monoisotopic (exact) mass is 362 g/mol. The second kappa shape index (κ2) is 6.57. The lowest BCUT2D eigenvalue weighted by molar-refractivity contribution is -0.186. The van der Waals surface area contributed by atoms with Crippen LogP contribution in [0.5, 0.6) is 0 Å². The van der Waals surface area contributed by atoms with E-state index in [2.05, 4.69) is 22.8 Å². The lowest BCUT2D eigenvalue weighted by Gasteiger charge is -2.40. The molecular weight excluding hydrogens is 344 g/mol. The molecule has 3 fully saturated rings. The predicted molar refractivity (Wildman–Crippen MR) is 97.6 cm³/mol. The number of benzene rings is 1. The summed E-state index contributed by atoms with van der Waals surface area (Å²) in [6.07, 6.45) is 2.72. The summed E-state index contributed by atoms with van der Waals surface area (Å²) in [6.45, 7) is 3.07. The van der Waals surface area contributed by atoms with E-state index in [0.717, 1.165) is 25.1 Å². The van der Waals surface area contributed by atoms with Gasteiger partial charge < -0.3 is 20.1 Å². The van der Waals surface area contributed by atoms with Crippen LogP contribution in [0.1, 0.15) is 23.5 Å². The number of hydrogen-bond acceptors (Lipinski definition) is 6. The van der Waals surface area contributed by atoms with Gasteiger partial charge in [0.15, 0.2) is 5.79 Å². The van der Waals surface area contributed by atoms with Gasteiger partial charge in [0.2, 0.25) is 0 Å². The van der Waals surface area contributed by atoms with Gasteiger partial charge in [-0.05, 0) is 17.2 Å². The Bertz CT molecular complexity index is 696. The molecule has 0 bridgehead atoms. The Balaban J connectivity index is 1.56. The predicted octanol–water partition coefficient (Wildman–Crippen LogP) is 2.00. The zero-order chi connectivity index (χ0) is 16.6. The lowest BCUT2D eigenvalue weighted by Crippen LogP contribution is -2.49. The summed E-state index contributed by atoms with van der Waals surface area (Å²) >= 11 is 6.31. The fourth-order valence-corrected chi connectivity index (χ4v) is 4.47. The zero-order valence-corrected chi connectivity index (χ0v) is 14.7. The Kier molecular flexibility index (Phi) is 4.44. The zero-order valence-electron chi connectivity index (χ0n) is 13.0. The molecule has 1 aromatic rings. The van der Waals surface area contributed by atoms with Gasteiger partial charge >= 0.3 is 0 Å². The molecule has 7 heteroatoms. The minimum Gasteiger partial charge on any atom is -0.347 e. The molecule has 0 radical (unpaired) electrons. The van der Waals surface area contributed by atoms with Gasteiger partial charge in [0.1, 0.15) is 4.32 Å². The molecule has 4 rings (SSSR count). The number of ether oxygens (including phenoxy) is 2. The number of thioether (sulfide) groups is 1. The van der Waals surface area contributed by atoms with Crippen LogP contribution in [0.25, 0.3) is 6.08 Å². The number of carbonyl (C=O) groups is 1. The third-order valence-corrected chi connectivity index (χ3v) is 5.75. The standard InChI is InChI=1S/C17H18N2O3S2/c20-15-14(24-16(23)19-15)9-11-1-3-12(4-2-11)13-10-18-6-5-17(13)21-7-8-22-17/h1-4,9,13,18H,5-8,10H2,(H,19,20,23). The van der Waals surface area contributed by atoms with Crippen LogP contribution in [0.3, 0.4) is 0 Å². The second-order valence-corrected chi connectivity index (χ2v) is 7.75. The largest absolute Gasteiger partial charge is 0.347 e. The summed E-state index contributed by atoms with van der Waals surface area (Å²) in [5, 5.41) is 6.05. The maximum absolute atomic E-state index is 11.7. The van der Waals surface area contributed by atoms with Gasteiger partial charge in [0.25, 0.3) is 5.91 Å². The van der Waals surface area contributed by atoms with E-state index in [1.165, 1.54) is 17.3 Å². The third-order valence-electron chi connectivity index (χ3n) is 4.58. The fraction of sp³-hybridized carbons (Fsp3) is 0.412. The molecule has 126 valence electrons. The number of hydrogen-bond donors (Lipinski definition) is 2. The first-order chi connectivity index (χ1) is 11.7. The average Bonchev–Trinajstić information content (AvgIpc) is 3.16. The SMILES string of the molecule is O=C1NC(=S)SC1=Cc1ccc(C2CNCCC23OCCO3)cc1. The molecule has 0 aromatic heterocycles. The Labute approximate surface area is 150 Å². The molecule has 1 spiro atoms. The number of nitrogens with one attached hydrogen (secondary N) is 2. The van der Waals surface area contributed by atoms with Gasteiger partial charge in [0.05, 0.1) is 24.0 Å². The maximum Gasteiger partial charge on any atom is 0.263 e. The van der Waals surface area contributed by atoms with Crippen molar-refractivity contribution in [2.24, 2.45) is 0 Å². The second-order valence-electron chi connectivity index (χ2n) is 6.03. The van der Waals surface area contributed by atoms with E-state index < -0.39 is 5.79 Å². The summed E-state index contributed by atoms with van der Waals surface area (Å²) in [5.74, 6) is -0.442. The van der Waals surface area contributed by atoms with E-state index in [0.29, 0.717) is 22.4 Å². The maximum atomic E-state index is 11.7. The van der Waals surface area contributed by atoms with Gasteiger partial charge in [-0.15, -0.1) is 0 Å². The van der Waals surface area contributed by atoms with E-state index >= 15 is 0 Å². The molecule has 1 amide bonds. The average molecular weight is 362 g/mol. The molecule has 3 aliphatic heterocycles. The van der Waals surface area contributed by atoms with Crippen molar-refractivity contribution in [2.45, 2.75) is 18.1 Å².